The summed E-state index contributed by atoms with van der Waals surface area (Å²) in [5.41, 5.74) is 2.37. The van der Waals surface area contributed by atoms with Gasteiger partial charge in [-0.2, -0.15) is 0 Å². The van der Waals surface area contributed by atoms with Gasteiger partial charge in [0.1, 0.15) is 6.10 Å². The van der Waals surface area contributed by atoms with Crippen LogP contribution in [0.5, 0.6) is 0 Å². The number of hydrogen-bond donors (Lipinski definition) is 1. The number of ether oxygens (including phenoxy) is 1. The summed E-state index contributed by atoms with van der Waals surface area (Å²) >= 11 is 0. The standard InChI is InChI=1S/C12H15NO3/c13-15-8-12(14)16-11-7-3-5-9-4-1-2-6-10(9)11/h1-2,4,6,11H,3,5,7-8,13H2. The number of esters is 1. The molecule has 1 aliphatic rings. The van der Waals surface area contributed by atoms with E-state index in [0.29, 0.717) is 0 Å². The zero-order valence-electron chi connectivity index (χ0n) is 9.02. The highest BCUT2D eigenvalue weighted by molar-refractivity contribution is 5.71. The molecule has 1 aliphatic carbocycles. The van der Waals surface area contributed by atoms with Crippen molar-refractivity contribution in [1.29, 1.82) is 0 Å². The fourth-order valence-electron chi connectivity index (χ4n) is 2.09. The fourth-order valence-corrected chi connectivity index (χ4v) is 2.09. The SMILES string of the molecule is NOCC(=O)OC1CCCc2ccccc21. The molecule has 0 bridgehead atoms. The third-order valence-corrected chi connectivity index (χ3v) is 2.79. The van der Waals surface area contributed by atoms with Gasteiger partial charge < -0.3 is 4.74 Å². The first-order valence-electron chi connectivity index (χ1n) is 5.40. The van der Waals surface area contributed by atoms with Crippen molar-refractivity contribution in [3.05, 3.63) is 35.4 Å². The highest BCUT2D eigenvalue weighted by Gasteiger charge is 2.22. The van der Waals surface area contributed by atoms with Gasteiger partial charge in [0.15, 0.2) is 6.61 Å². The lowest BCUT2D eigenvalue weighted by molar-refractivity contribution is -0.155. The van der Waals surface area contributed by atoms with Crippen LogP contribution in [0.25, 0.3) is 0 Å². The maximum atomic E-state index is 11.3. The Hall–Kier alpha value is -1.39. The minimum Gasteiger partial charge on any atom is -0.456 e. The van der Waals surface area contributed by atoms with E-state index in [1.807, 2.05) is 18.2 Å². The van der Waals surface area contributed by atoms with Gasteiger partial charge >= 0.3 is 5.97 Å². The van der Waals surface area contributed by atoms with E-state index in [-0.39, 0.29) is 12.7 Å². The summed E-state index contributed by atoms with van der Waals surface area (Å²) in [6.07, 6.45) is 2.82. The Morgan fingerprint density at radius 1 is 1.44 bits per heavy atom. The van der Waals surface area contributed by atoms with Gasteiger partial charge in [-0.25, -0.2) is 10.7 Å². The molecule has 4 nitrogen and oxygen atoms in total. The molecule has 4 heteroatoms. The lowest BCUT2D eigenvalue weighted by Gasteiger charge is -2.25. The molecule has 0 saturated heterocycles. The molecule has 0 heterocycles. The highest BCUT2D eigenvalue weighted by Crippen LogP contribution is 2.32. The molecule has 0 radical (unpaired) electrons. The Labute approximate surface area is 94.3 Å². The van der Waals surface area contributed by atoms with Crippen molar-refractivity contribution in [2.24, 2.45) is 5.90 Å². The quantitative estimate of drug-likeness (QED) is 0.620. The van der Waals surface area contributed by atoms with Crippen molar-refractivity contribution in [3.63, 3.8) is 0 Å². The van der Waals surface area contributed by atoms with Gasteiger partial charge in [0, 0.05) is 0 Å². The number of fused-ring (bicyclic) bond motifs is 1. The first-order valence-corrected chi connectivity index (χ1v) is 5.40. The Balaban J connectivity index is 2.10. The van der Waals surface area contributed by atoms with Crippen molar-refractivity contribution < 1.29 is 14.4 Å². The molecule has 1 aromatic carbocycles. The van der Waals surface area contributed by atoms with Crippen LogP contribution in [0.3, 0.4) is 0 Å². The van der Waals surface area contributed by atoms with Crippen molar-refractivity contribution in [3.8, 4) is 0 Å². The van der Waals surface area contributed by atoms with E-state index >= 15 is 0 Å². The van der Waals surface area contributed by atoms with Crippen molar-refractivity contribution >= 4 is 5.97 Å². The topological polar surface area (TPSA) is 61.5 Å². The van der Waals surface area contributed by atoms with Gasteiger partial charge in [0.25, 0.3) is 0 Å². The smallest absolute Gasteiger partial charge is 0.334 e. The summed E-state index contributed by atoms with van der Waals surface area (Å²) in [7, 11) is 0. The first-order chi connectivity index (χ1) is 7.81. The van der Waals surface area contributed by atoms with E-state index in [2.05, 4.69) is 10.9 Å². The molecule has 0 amide bonds. The largest absolute Gasteiger partial charge is 0.456 e. The van der Waals surface area contributed by atoms with E-state index in [0.717, 1.165) is 24.8 Å². The Morgan fingerprint density at radius 2 is 2.25 bits per heavy atom. The molecule has 2 N–H and O–H groups in total. The van der Waals surface area contributed by atoms with Crippen molar-refractivity contribution in [2.45, 2.75) is 25.4 Å². The van der Waals surface area contributed by atoms with Crippen LogP contribution in [0.4, 0.5) is 0 Å². The molecule has 1 atom stereocenters. The molecule has 0 saturated carbocycles. The third-order valence-electron chi connectivity index (χ3n) is 2.79. The van der Waals surface area contributed by atoms with Crippen LogP contribution in [-0.4, -0.2) is 12.6 Å². The number of rotatable bonds is 3. The van der Waals surface area contributed by atoms with E-state index < -0.39 is 5.97 Å². The highest BCUT2D eigenvalue weighted by atomic mass is 16.6. The van der Waals surface area contributed by atoms with Crippen LogP contribution in [0, 0.1) is 0 Å². The molecule has 0 aliphatic heterocycles. The van der Waals surface area contributed by atoms with Crippen LogP contribution >= 0.6 is 0 Å². The molecule has 2 rings (SSSR count). The molecule has 1 aromatic rings. The summed E-state index contributed by atoms with van der Waals surface area (Å²) in [5, 5.41) is 0. The van der Waals surface area contributed by atoms with Crippen molar-refractivity contribution in [1.82, 2.24) is 0 Å². The van der Waals surface area contributed by atoms with E-state index in [9.17, 15) is 4.79 Å². The number of carbonyl (C=O) groups excluding carboxylic acids is 1. The summed E-state index contributed by atoms with van der Waals surface area (Å²) in [4.78, 5) is 15.6. The monoisotopic (exact) mass is 221 g/mol. The molecule has 1 unspecified atom stereocenters. The summed E-state index contributed by atoms with van der Waals surface area (Å²) < 4.78 is 5.31. The lowest BCUT2D eigenvalue weighted by Crippen LogP contribution is -2.21. The van der Waals surface area contributed by atoms with Crippen LogP contribution < -0.4 is 5.90 Å². The van der Waals surface area contributed by atoms with Gasteiger partial charge in [-0.1, -0.05) is 24.3 Å². The zero-order chi connectivity index (χ0) is 11.4. The van der Waals surface area contributed by atoms with Crippen LogP contribution in [0.2, 0.25) is 0 Å². The summed E-state index contributed by atoms with van der Waals surface area (Å²) in [6, 6.07) is 8.06. The van der Waals surface area contributed by atoms with Gasteiger partial charge in [-0.3, -0.25) is 4.84 Å². The van der Waals surface area contributed by atoms with E-state index in [4.69, 9.17) is 10.6 Å². The minimum absolute atomic E-state index is 0.146. The number of aryl methyl sites for hydroxylation is 1. The van der Waals surface area contributed by atoms with Crippen LogP contribution in [-0.2, 0) is 20.8 Å². The van der Waals surface area contributed by atoms with E-state index in [1.165, 1.54) is 5.56 Å². The maximum absolute atomic E-state index is 11.3. The second kappa shape index (κ2) is 5.09. The molecular formula is C12H15NO3. The average Bonchev–Trinajstić information content (AvgIpc) is 2.30. The number of benzene rings is 1. The Morgan fingerprint density at radius 3 is 3.06 bits per heavy atom. The molecule has 0 fully saturated rings. The molecule has 0 aromatic heterocycles. The minimum atomic E-state index is -0.413. The number of carbonyl (C=O) groups is 1. The van der Waals surface area contributed by atoms with Crippen LogP contribution in [0.1, 0.15) is 30.1 Å². The number of nitrogens with two attached hydrogens (primary N) is 1. The number of hydrogen-bond acceptors (Lipinski definition) is 4. The third kappa shape index (κ3) is 2.40. The summed E-state index contributed by atoms with van der Waals surface area (Å²) in [5.74, 6) is 4.42. The lowest BCUT2D eigenvalue weighted by atomic mass is 9.89. The first kappa shape index (κ1) is 11.1. The summed E-state index contributed by atoms with van der Waals surface area (Å²) in [6.45, 7) is -0.196. The predicted molar refractivity (Wildman–Crippen MR) is 58.4 cm³/mol. The second-order valence-electron chi connectivity index (χ2n) is 3.88. The van der Waals surface area contributed by atoms with Crippen LogP contribution in [0.15, 0.2) is 24.3 Å². The normalized spacial score (nSPS) is 18.9. The molecule has 0 spiro atoms. The zero-order valence-corrected chi connectivity index (χ0v) is 9.02. The Bertz CT molecular complexity index is 378. The maximum Gasteiger partial charge on any atom is 0.334 e. The Kier molecular flexibility index (Phi) is 3.54. The van der Waals surface area contributed by atoms with Gasteiger partial charge in [0.2, 0.25) is 0 Å². The average molecular weight is 221 g/mol. The van der Waals surface area contributed by atoms with Crippen molar-refractivity contribution in [2.75, 3.05) is 6.61 Å². The van der Waals surface area contributed by atoms with Gasteiger partial charge in [0.05, 0.1) is 0 Å². The molecule has 86 valence electrons. The van der Waals surface area contributed by atoms with Gasteiger partial charge in [-0.05, 0) is 30.4 Å². The molecule has 16 heavy (non-hydrogen) atoms. The van der Waals surface area contributed by atoms with Gasteiger partial charge in [-0.15, -0.1) is 0 Å². The fraction of sp³-hybridized carbons (Fsp3) is 0.417. The predicted octanol–water partition coefficient (Wildman–Crippen LogP) is 1.50. The molecular weight excluding hydrogens is 206 g/mol. The van der Waals surface area contributed by atoms with E-state index in [1.54, 1.807) is 0 Å². The second-order valence-corrected chi connectivity index (χ2v) is 3.88.